The Balaban J connectivity index is 1.84. The number of hydrogen-bond donors (Lipinski definition) is 1. The number of H-pyrrole nitrogens is 1. The van der Waals surface area contributed by atoms with Crippen LogP contribution in [0.3, 0.4) is 0 Å². The Morgan fingerprint density at radius 2 is 2.00 bits per heavy atom. The van der Waals surface area contributed by atoms with Crippen LogP contribution in [0.4, 0.5) is 5.82 Å². The topological polar surface area (TPSA) is 44.8 Å². The van der Waals surface area contributed by atoms with Crippen molar-refractivity contribution in [2.24, 2.45) is 0 Å². The van der Waals surface area contributed by atoms with Gasteiger partial charge in [0.15, 0.2) is 0 Å². The summed E-state index contributed by atoms with van der Waals surface area (Å²) in [5.41, 5.74) is 2.10. The third-order valence-electron chi connectivity index (χ3n) is 2.99. The minimum atomic E-state index is 1.01. The molecular formula is C12H14N4. The van der Waals surface area contributed by atoms with Gasteiger partial charge in [-0.1, -0.05) is 0 Å². The fourth-order valence-corrected chi connectivity index (χ4v) is 2.10. The third kappa shape index (κ3) is 1.66. The largest absolute Gasteiger partial charge is 0.357 e. The van der Waals surface area contributed by atoms with E-state index in [-0.39, 0.29) is 0 Å². The van der Waals surface area contributed by atoms with Crippen LogP contribution >= 0.6 is 0 Å². The molecule has 1 aliphatic rings. The van der Waals surface area contributed by atoms with E-state index in [4.69, 9.17) is 0 Å². The molecule has 0 amide bonds. The van der Waals surface area contributed by atoms with Crippen molar-refractivity contribution in [1.29, 1.82) is 0 Å². The zero-order valence-corrected chi connectivity index (χ0v) is 9.06. The van der Waals surface area contributed by atoms with Crippen molar-refractivity contribution < 1.29 is 0 Å². The Kier molecular flexibility index (Phi) is 2.33. The van der Waals surface area contributed by atoms with Gasteiger partial charge in [0.2, 0.25) is 0 Å². The lowest BCUT2D eigenvalue weighted by atomic mass is 10.2. The first kappa shape index (κ1) is 9.39. The molecule has 0 unspecified atom stereocenters. The number of anilines is 1. The highest BCUT2D eigenvalue weighted by Gasteiger charge is 2.13. The summed E-state index contributed by atoms with van der Waals surface area (Å²) < 4.78 is 0. The highest BCUT2D eigenvalue weighted by molar-refractivity contribution is 5.59. The predicted octanol–water partition coefficient (Wildman–Crippen LogP) is 2.07. The van der Waals surface area contributed by atoms with Gasteiger partial charge < -0.3 is 4.90 Å². The quantitative estimate of drug-likeness (QED) is 0.832. The van der Waals surface area contributed by atoms with E-state index in [0.29, 0.717) is 0 Å². The number of hydrogen-bond acceptors (Lipinski definition) is 3. The average molecular weight is 214 g/mol. The van der Waals surface area contributed by atoms with Gasteiger partial charge in [0.25, 0.3) is 0 Å². The van der Waals surface area contributed by atoms with E-state index in [0.717, 1.165) is 30.2 Å². The summed E-state index contributed by atoms with van der Waals surface area (Å²) in [7, 11) is 0. The molecule has 3 rings (SSSR count). The molecule has 4 nitrogen and oxygen atoms in total. The summed E-state index contributed by atoms with van der Waals surface area (Å²) in [6.07, 6.45) is 6.22. The van der Waals surface area contributed by atoms with Crippen LogP contribution < -0.4 is 4.90 Å². The molecule has 82 valence electrons. The molecule has 1 N–H and O–H groups in total. The summed E-state index contributed by atoms with van der Waals surface area (Å²) in [6.45, 7) is 2.27. The van der Waals surface area contributed by atoms with Gasteiger partial charge in [-0.05, 0) is 31.0 Å². The first-order valence-electron chi connectivity index (χ1n) is 5.64. The molecule has 2 aromatic rings. The average Bonchev–Trinajstić information content (AvgIpc) is 3.03. The maximum atomic E-state index is 4.49. The summed E-state index contributed by atoms with van der Waals surface area (Å²) in [5, 5.41) is 6.87. The van der Waals surface area contributed by atoms with E-state index in [1.54, 1.807) is 6.20 Å². The second-order valence-electron chi connectivity index (χ2n) is 4.07. The maximum Gasteiger partial charge on any atom is 0.128 e. The van der Waals surface area contributed by atoms with Crippen molar-refractivity contribution in [3.8, 4) is 11.3 Å². The fourth-order valence-electron chi connectivity index (χ4n) is 2.10. The molecule has 2 aromatic heterocycles. The van der Waals surface area contributed by atoms with Crippen LogP contribution in [0.5, 0.6) is 0 Å². The molecule has 4 heteroatoms. The minimum absolute atomic E-state index is 1.01. The van der Waals surface area contributed by atoms with Gasteiger partial charge in [-0.2, -0.15) is 5.10 Å². The van der Waals surface area contributed by atoms with Crippen LogP contribution in [0.15, 0.2) is 30.6 Å². The van der Waals surface area contributed by atoms with Crippen molar-refractivity contribution in [2.75, 3.05) is 18.0 Å². The Labute approximate surface area is 94.3 Å². The van der Waals surface area contributed by atoms with Crippen LogP contribution in [-0.2, 0) is 0 Å². The number of pyridine rings is 1. The Morgan fingerprint density at radius 1 is 1.12 bits per heavy atom. The molecule has 1 fully saturated rings. The smallest absolute Gasteiger partial charge is 0.128 e. The van der Waals surface area contributed by atoms with Crippen molar-refractivity contribution in [3.63, 3.8) is 0 Å². The molecule has 16 heavy (non-hydrogen) atoms. The van der Waals surface area contributed by atoms with Gasteiger partial charge in [-0.15, -0.1) is 0 Å². The first-order chi connectivity index (χ1) is 7.93. The molecule has 0 spiro atoms. The normalized spacial score (nSPS) is 15.6. The predicted molar refractivity (Wildman–Crippen MR) is 63.3 cm³/mol. The standard InChI is InChI=1S/C12H14N4/c1-2-8-16(7-1)12-4-3-10(9-13-12)11-5-6-14-15-11/h3-6,9H,1-2,7-8H2,(H,14,15). The molecule has 1 aliphatic heterocycles. The van der Waals surface area contributed by atoms with Crippen LogP contribution in [0, 0.1) is 0 Å². The molecule has 0 saturated carbocycles. The van der Waals surface area contributed by atoms with E-state index in [9.17, 15) is 0 Å². The van der Waals surface area contributed by atoms with Crippen molar-refractivity contribution in [3.05, 3.63) is 30.6 Å². The van der Waals surface area contributed by atoms with Crippen LogP contribution in [-0.4, -0.2) is 28.3 Å². The molecule has 0 aromatic carbocycles. The Bertz CT molecular complexity index is 440. The van der Waals surface area contributed by atoms with Gasteiger partial charge in [-0.3, -0.25) is 5.10 Å². The zero-order valence-electron chi connectivity index (χ0n) is 9.06. The summed E-state index contributed by atoms with van der Waals surface area (Å²) in [6, 6.07) is 6.13. The molecule has 0 radical (unpaired) electrons. The van der Waals surface area contributed by atoms with E-state index in [2.05, 4.69) is 32.2 Å². The summed E-state index contributed by atoms with van der Waals surface area (Å²) in [5.74, 6) is 1.08. The number of nitrogens with one attached hydrogen (secondary N) is 1. The molecule has 3 heterocycles. The number of aromatic amines is 1. The third-order valence-corrected chi connectivity index (χ3v) is 2.99. The first-order valence-corrected chi connectivity index (χ1v) is 5.64. The van der Waals surface area contributed by atoms with Crippen LogP contribution in [0.2, 0.25) is 0 Å². The van der Waals surface area contributed by atoms with E-state index in [1.165, 1.54) is 12.8 Å². The monoisotopic (exact) mass is 214 g/mol. The Morgan fingerprint density at radius 3 is 2.62 bits per heavy atom. The lowest BCUT2D eigenvalue weighted by Crippen LogP contribution is -2.18. The van der Waals surface area contributed by atoms with Crippen molar-refractivity contribution in [2.45, 2.75) is 12.8 Å². The minimum Gasteiger partial charge on any atom is -0.357 e. The van der Waals surface area contributed by atoms with E-state index in [1.807, 2.05) is 12.3 Å². The summed E-state index contributed by atoms with van der Waals surface area (Å²) >= 11 is 0. The molecule has 1 saturated heterocycles. The van der Waals surface area contributed by atoms with Gasteiger partial charge in [0.05, 0.1) is 5.69 Å². The molecule has 0 aliphatic carbocycles. The maximum absolute atomic E-state index is 4.49. The molecular weight excluding hydrogens is 200 g/mol. The van der Waals surface area contributed by atoms with E-state index >= 15 is 0 Å². The molecule has 0 bridgehead atoms. The lowest BCUT2D eigenvalue weighted by Gasteiger charge is -2.15. The van der Waals surface area contributed by atoms with Gasteiger partial charge in [0.1, 0.15) is 5.82 Å². The summed E-state index contributed by atoms with van der Waals surface area (Å²) in [4.78, 5) is 6.82. The number of aromatic nitrogens is 3. The highest BCUT2D eigenvalue weighted by atomic mass is 15.2. The number of rotatable bonds is 2. The van der Waals surface area contributed by atoms with E-state index < -0.39 is 0 Å². The lowest BCUT2D eigenvalue weighted by molar-refractivity contribution is 0.938. The van der Waals surface area contributed by atoms with Gasteiger partial charge in [-0.25, -0.2) is 4.98 Å². The second kappa shape index (κ2) is 3.96. The number of nitrogens with zero attached hydrogens (tertiary/aromatic N) is 3. The Hall–Kier alpha value is -1.84. The zero-order chi connectivity index (χ0) is 10.8. The highest BCUT2D eigenvalue weighted by Crippen LogP contribution is 2.21. The fraction of sp³-hybridized carbons (Fsp3) is 0.333. The van der Waals surface area contributed by atoms with Gasteiger partial charge >= 0.3 is 0 Å². The van der Waals surface area contributed by atoms with Crippen LogP contribution in [0.1, 0.15) is 12.8 Å². The molecule has 0 atom stereocenters. The van der Waals surface area contributed by atoms with Gasteiger partial charge in [0, 0.05) is 31.0 Å². The second-order valence-corrected chi connectivity index (χ2v) is 4.07. The van der Waals surface area contributed by atoms with Crippen molar-refractivity contribution >= 4 is 5.82 Å². The van der Waals surface area contributed by atoms with Crippen LogP contribution in [0.25, 0.3) is 11.3 Å². The SMILES string of the molecule is c1cc(-c2ccc(N3CCCC3)nc2)[nH]n1. The van der Waals surface area contributed by atoms with Crippen molar-refractivity contribution in [1.82, 2.24) is 15.2 Å².